The standard InChI is InChI=1S/C24H22N4O3/c29-23(26-19-9-12-27(13-10-19)24(30)18-11-14-31-15-18)17-5-7-20(8-6-17)28-16-25-21-3-1-2-4-22(21)28/h1-8,11,14-16,19H,9-10,12-13H2,(H,26,29). The lowest BCUT2D eigenvalue weighted by atomic mass is 10.0. The number of carbonyl (C=O) groups excluding carboxylic acids is 2. The van der Waals surface area contributed by atoms with Crippen LogP contribution in [0.1, 0.15) is 33.6 Å². The Morgan fingerprint density at radius 1 is 0.968 bits per heavy atom. The smallest absolute Gasteiger partial charge is 0.257 e. The summed E-state index contributed by atoms with van der Waals surface area (Å²) in [6, 6.07) is 17.2. The topological polar surface area (TPSA) is 80.4 Å². The number of nitrogens with one attached hydrogen (secondary N) is 1. The van der Waals surface area contributed by atoms with Crippen molar-refractivity contribution in [2.45, 2.75) is 18.9 Å². The first-order chi connectivity index (χ1) is 15.2. The molecule has 0 aliphatic carbocycles. The first-order valence-corrected chi connectivity index (χ1v) is 10.3. The number of likely N-dealkylation sites (tertiary alicyclic amines) is 1. The second-order valence-corrected chi connectivity index (χ2v) is 7.70. The molecule has 1 saturated heterocycles. The number of fused-ring (bicyclic) bond motifs is 1. The van der Waals surface area contributed by atoms with E-state index in [-0.39, 0.29) is 17.9 Å². The number of benzene rings is 2. The van der Waals surface area contributed by atoms with Gasteiger partial charge in [0, 0.05) is 30.4 Å². The van der Waals surface area contributed by atoms with Crippen molar-refractivity contribution in [2.75, 3.05) is 13.1 Å². The summed E-state index contributed by atoms with van der Waals surface area (Å²) in [5, 5.41) is 3.10. The van der Waals surface area contributed by atoms with Gasteiger partial charge in [-0.2, -0.15) is 0 Å². The molecule has 0 atom stereocenters. The molecule has 2 aromatic heterocycles. The summed E-state index contributed by atoms with van der Waals surface area (Å²) in [7, 11) is 0. The Balaban J connectivity index is 1.20. The molecule has 31 heavy (non-hydrogen) atoms. The summed E-state index contributed by atoms with van der Waals surface area (Å²) >= 11 is 0. The number of hydrogen-bond acceptors (Lipinski definition) is 4. The maximum atomic E-state index is 12.7. The predicted molar refractivity (Wildman–Crippen MR) is 116 cm³/mol. The molecule has 0 unspecified atom stereocenters. The number of aromatic nitrogens is 2. The molecule has 1 fully saturated rings. The van der Waals surface area contributed by atoms with Gasteiger partial charge in [-0.3, -0.25) is 14.2 Å². The molecule has 2 amide bonds. The maximum Gasteiger partial charge on any atom is 0.257 e. The van der Waals surface area contributed by atoms with E-state index in [2.05, 4.69) is 10.3 Å². The fourth-order valence-electron chi connectivity index (χ4n) is 4.00. The fourth-order valence-corrected chi connectivity index (χ4v) is 4.00. The van der Waals surface area contributed by atoms with E-state index >= 15 is 0 Å². The second-order valence-electron chi connectivity index (χ2n) is 7.70. The molecule has 7 heteroatoms. The van der Waals surface area contributed by atoms with Gasteiger partial charge in [-0.05, 0) is 55.3 Å². The van der Waals surface area contributed by atoms with Crippen LogP contribution in [-0.4, -0.2) is 45.4 Å². The van der Waals surface area contributed by atoms with Gasteiger partial charge in [0.05, 0.1) is 22.9 Å². The lowest BCUT2D eigenvalue weighted by Gasteiger charge is -2.32. The summed E-state index contributed by atoms with van der Waals surface area (Å²) in [5.74, 6) is -0.122. The molecule has 0 bridgehead atoms. The average molecular weight is 414 g/mol. The quantitative estimate of drug-likeness (QED) is 0.553. The summed E-state index contributed by atoms with van der Waals surface area (Å²) in [4.78, 5) is 31.3. The number of para-hydroxylation sites is 2. The van der Waals surface area contributed by atoms with Gasteiger partial charge in [0.15, 0.2) is 0 Å². The molecule has 3 heterocycles. The normalized spacial score (nSPS) is 14.6. The van der Waals surface area contributed by atoms with Gasteiger partial charge < -0.3 is 14.6 Å². The summed E-state index contributed by atoms with van der Waals surface area (Å²) in [6.07, 6.45) is 6.22. The van der Waals surface area contributed by atoms with E-state index < -0.39 is 0 Å². The Bertz CT molecular complexity index is 1200. The Hall–Kier alpha value is -3.87. The third kappa shape index (κ3) is 3.82. The number of rotatable bonds is 4. The lowest BCUT2D eigenvalue weighted by Crippen LogP contribution is -2.46. The highest BCUT2D eigenvalue weighted by Crippen LogP contribution is 2.19. The summed E-state index contributed by atoms with van der Waals surface area (Å²) < 4.78 is 7.00. The highest BCUT2D eigenvalue weighted by molar-refractivity contribution is 5.95. The van der Waals surface area contributed by atoms with Crippen molar-refractivity contribution in [3.05, 3.63) is 84.6 Å². The molecule has 0 saturated carbocycles. The molecule has 1 aliphatic heterocycles. The Kier molecular flexibility index (Phi) is 5.00. The average Bonchev–Trinajstić information content (AvgIpc) is 3.50. The van der Waals surface area contributed by atoms with Crippen LogP contribution >= 0.6 is 0 Å². The molecule has 5 rings (SSSR count). The van der Waals surface area contributed by atoms with Crippen LogP contribution in [0.5, 0.6) is 0 Å². The third-order valence-electron chi connectivity index (χ3n) is 5.75. The van der Waals surface area contributed by atoms with Crippen LogP contribution < -0.4 is 5.32 Å². The molecule has 2 aromatic carbocycles. The first kappa shape index (κ1) is 19.1. The van der Waals surface area contributed by atoms with Crippen LogP contribution in [0.25, 0.3) is 16.7 Å². The third-order valence-corrected chi connectivity index (χ3v) is 5.75. The van der Waals surface area contributed by atoms with Crippen molar-refractivity contribution >= 4 is 22.8 Å². The molecule has 7 nitrogen and oxygen atoms in total. The number of piperidine rings is 1. The predicted octanol–water partition coefficient (Wildman–Crippen LogP) is 3.65. The van der Waals surface area contributed by atoms with E-state index in [4.69, 9.17) is 4.42 Å². The van der Waals surface area contributed by atoms with Crippen LogP contribution in [0.3, 0.4) is 0 Å². The fraction of sp³-hybridized carbons (Fsp3) is 0.208. The van der Waals surface area contributed by atoms with Gasteiger partial charge >= 0.3 is 0 Å². The van der Waals surface area contributed by atoms with E-state index in [0.717, 1.165) is 29.6 Å². The molecule has 1 N–H and O–H groups in total. The lowest BCUT2D eigenvalue weighted by molar-refractivity contribution is 0.0697. The Morgan fingerprint density at radius 2 is 1.74 bits per heavy atom. The maximum absolute atomic E-state index is 12.7. The molecule has 4 aromatic rings. The minimum absolute atomic E-state index is 0.0267. The zero-order chi connectivity index (χ0) is 21.2. The van der Waals surface area contributed by atoms with Crippen LogP contribution in [0.2, 0.25) is 0 Å². The van der Waals surface area contributed by atoms with Gasteiger partial charge in [0.25, 0.3) is 11.8 Å². The minimum Gasteiger partial charge on any atom is -0.472 e. The van der Waals surface area contributed by atoms with Crippen LogP contribution in [0, 0.1) is 0 Å². The van der Waals surface area contributed by atoms with Gasteiger partial charge in [0.1, 0.15) is 12.6 Å². The number of carbonyl (C=O) groups is 2. The molecule has 156 valence electrons. The van der Waals surface area contributed by atoms with E-state index in [1.54, 1.807) is 17.3 Å². The largest absolute Gasteiger partial charge is 0.472 e. The van der Waals surface area contributed by atoms with Crippen molar-refractivity contribution in [3.63, 3.8) is 0 Å². The zero-order valence-electron chi connectivity index (χ0n) is 16.9. The van der Waals surface area contributed by atoms with Crippen molar-refractivity contribution in [3.8, 4) is 5.69 Å². The highest BCUT2D eigenvalue weighted by atomic mass is 16.3. The van der Waals surface area contributed by atoms with Gasteiger partial charge in [-0.1, -0.05) is 12.1 Å². The molecule has 1 aliphatic rings. The molecular formula is C24H22N4O3. The minimum atomic E-state index is -0.0957. The Labute approximate surface area is 179 Å². The van der Waals surface area contributed by atoms with Crippen LogP contribution in [0.4, 0.5) is 0 Å². The van der Waals surface area contributed by atoms with Gasteiger partial charge in [-0.25, -0.2) is 4.98 Å². The molecule has 0 radical (unpaired) electrons. The van der Waals surface area contributed by atoms with Gasteiger partial charge in [-0.15, -0.1) is 0 Å². The van der Waals surface area contributed by atoms with E-state index in [1.807, 2.05) is 53.1 Å². The van der Waals surface area contributed by atoms with Crippen LogP contribution in [0.15, 0.2) is 77.9 Å². The monoisotopic (exact) mass is 414 g/mol. The van der Waals surface area contributed by atoms with Crippen molar-refractivity contribution < 1.29 is 14.0 Å². The Morgan fingerprint density at radius 3 is 2.48 bits per heavy atom. The van der Waals surface area contributed by atoms with E-state index in [9.17, 15) is 9.59 Å². The molecular weight excluding hydrogens is 392 g/mol. The van der Waals surface area contributed by atoms with Crippen molar-refractivity contribution in [1.82, 2.24) is 19.8 Å². The second kappa shape index (κ2) is 8.10. The number of nitrogens with zero attached hydrogens (tertiary/aromatic N) is 3. The zero-order valence-corrected chi connectivity index (χ0v) is 16.9. The number of hydrogen-bond donors (Lipinski definition) is 1. The van der Waals surface area contributed by atoms with E-state index in [0.29, 0.717) is 24.2 Å². The van der Waals surface area contributed by atoms with Gasteiger partial charge in [0.2, 0.25) is 0 Å². The first-order valence-electron chi connectivity index (χ1n) is 10.3. The SMILES string of the molecule is O=C(NC1CCN(C(=O)c2ccoc2)CC1)c1ccc(-n2cnc3ccccc32)cc1. The summed E-state index contributed by atoms with van der Waals surface area (Å²) in [5.41, 5.74) is 4.09. The number of imidazole rings is 1. The van der Waals surface area contributed by atoms with Crippen LogP contribution in [-0.2, 0) is 0 Å². The van der Waals surface area contributed by atoms with E-state index in [1.165, 1.54) is 12.5 Å². The molecule has 0 spiro atoms. The summed E-state index contributed by atoms with van der Waals surface area (Å²) in [6.45, 7) is 1.23. The number of amides is 2. The van der Waals surface area contributed by atoms with Crippen molar-refractivity contribution in [1.29, 1.82) is 0 Å². The number of furan rings is 1. The highest BCUT2D eigenvalue weighted by Gasteiger charge is 2.25. The van der Waals surface area contributed by atoms with Crippen molar-refractivity contribution in [2.24, 2.45) is 0 Å².